The number of hydrogen-bond acceptors (Lipinski definition) is 1. The second-order valence-corrected chi connectivity index (χ2v) is 2.17. The zero-order chi connectivity index (χ0) is 4.50. The quantitative estimate of drug-likeness (QED) is 0.377. The van der Waals surface area contributed by atoms with Crippen LogP contribution >= 0.6 is 0 Å². The highest BCUT2D eigenvalue weighted by atomic mass is 16.3. The molecule has 0 rings (SSSR count). The largest absolute Gasteiger partial charge is 0.400 e. The molecule has 0 spiro atoms. The zero-order valence-electron chi connectivity index (χ0n) is 3.95. The van der Waals surface area contributed by atoms with Crippen LogP contribution in [0.4, 0.5) is 0 Å². The monoisotopic (exact) mass is 72.1 g/mol. The van der Waals surface area contributed by atoms with Gasteiger partial charge in [0.2, 0.25) is 0 Å². The van der Waals surface area contributed by atoms with Crippen LogP contribution in [0.15, 0.2) is 0 Å². The van der Waals surface area contributed by atoms with Gasteiger partial charge in [-0.15, -0.1) is 0 Å². The zero-order valence-corrected chi connectivity index (χ0v) is 3.95. The maximum Gasteiger partial charge on any atom is 0.142 e. The van der Waals surface area contributed by atoms with Gasteiger partial charge >= 0.3 is 0 Å². The van der Waals surface area contributed by atoms with Gasteiger partial charge in [0.05, 0.1) is 0 Å². The van der Waals surface area contributed by atoms with E-state index in [2.05, 4.69) is 0 Å². The first kappa shape index (κ1) is 5.02. The third kappa shape index (κ3) is 26500. The topological polar surface area (TPSA) is 20.2 Å². The van der Waals surface area contributed by atoms with Crippen LogP contribution in [-0.2, 0) is 0 Å². The van der Waals surface area contributed by atoms with E-state index in [4.69, 9.17) is 5.11 Å². The summed E-state index contributed by atoms with van der Waals surface area (Å²) < 4.78 is 0. The Kier molecular flexibility index (Phi) is 1.02. The second kappa shape index (κ2) is 1.01. The fourth-order valence-electron chi connectivity index (χ4n) is 0. The Balaban J connectivity index is 3.02. The number of hydrogen-bond donors (Lipinski definition) is 1. The summed E-state index contributed by atoms with van der Waals surface area (Å²) in [5, 5.41) is 8.52. The van der Waals surface area contributed by atoms with Gasteiger partial charge < -0.3 is 5.11 Å². The summed E-state index contributed by atoms with van der Waals surface area (Å²) in [5.41, 5.74) is -0.500. The van der Waals surface area contributed by atoms with Crippen molar-refractivity contribution >= 4 is 7.85 Å². The summed E-state index contributed by atoms with van der Waals surface area (Å²) in [5.74, 6) is 0. The molecule has 2 heteroatoms. The standard InChI is InChI=1S/C3H9BO/c1-3(2,4)5/h5H,4H2,1-2H3. The molecule has 1 nitrogen and oxygen atoms in total. The van der Waals surface area contributed by atoms with Crippen LogP contribution in [0.25, 0.3) is 0 Å². The highest BCUT2D eigenvalue weighted by molar-refractivity contribution is 6.13. The van der Waals surface area contributed by atoms with Gasteiger partial charge in [-0.3, -0.25) is 0 Å². The van der Waals surface area contributed by atoms with E-state index in [9.17, 15) is 0 Å². The Morgan fingerprint density at radius 2 is 1.60 bits per heavy atom. The summed E-state index contributed by atoms with van der Waals surface area (Å²) >= 11 is 0. The van der Waals surface area contributed by atoms with Crippen LogP contribution in [0.5, 0.6) is 0 Å². The average molecular weight is 71.9 g/mol. The number of aliphatic hydroxyl groups is 1. The fraction of sp³-hybridized carbons (Fsp3) is 1.00. The maximum atomic E-state index is 8.52. The summed E-state index contributed by atoms with van der Waals surface area (Å²) in [7, 11) is 1.74. The normalized spacial score (nSPS) is 11.8. The van der Waals surface area contributed by atoms with E-state index in [0.29, 0.717) is 0 Å². The first-order valence-electron chi connectivity index (χ1n) is 1.72. The van der Waals surface area contributed by atoms with Crippen LogP contribution in [0.2, 0.25) is 0 Å². The van der Waals surface area contributed by atoms with Crippen molar-refractivity contribution in [3.8, 4) is 0 Å². The van der Waals surface area contributed by atoms with Crippen molar-refractivity contribution in [2.24, 2.45) is 0 Å². The molecule has 0 heterocycles. The molecule has 0 bridgehead atoms. The van der Waals surface area contributed by atoms with Crippen molar-refractivity contribution in [2.45, 2.75) is 19.3 Å². The van der Waals surface area contributed by atoms with Crippen LogP contribution in [0.3, 0.4) is 0 Å². The highest BCUT2D eigenvalue weighted by Crippen LogP contribution is 1.87. The Labute approximate surface area is 33.4 Å². The van der Waals surface area contributed by atoms with Gasteiger partial charge in [0.1, 0.15) is 7.85 Å². The molecule has 0 aromatic heterocycles. The SMILES string of the molecule is BC(C)(C)O. The lowest BCUT2D eigenvalue weighted by Gasteiger charge is -2.04. The van der Waals surface area contributed by atoms with Crippen molar-refractivity contribution in [2.75, 3.05) is 0 Å². The first-order chi connectivity index (χ1) is 2.00. The lowest BCUT2D eigenvalue weighted by molar-refractivity contribution is 0.170. The Bertz CT molecular complexity index is 22.4. The molecule has 0 radical (unpaired) electrons. The molecule has 1 N–H and O–H groups in total. The maximum absolute atomic E-state index is 8.52. The van der Waals surface area contributed by atoms with Crippen molar-refractivity contribution in [1.29, 1.82) is 0 Å². The molecule has 0 atom stereocenters. The van der Waals surface area contributed by atoms with Gasteiger partial charge in [-0.1, -0.05) is 0 Å². The molecule has 0 saturated carbocycles. The smallest absolute Gasteiger partial charge is 0.142 e. The van der Waals surface area contributed by atoms with Crippen LogP contribution in [0, 0.1) is 0 Å². The molecular weight excluding hydrogens is 62.8 g/mol. The minimum atomic E-state index is -0.500. The molecular formula is C3H9BO. The van der Waals surface area contributed by atoms with Crippen LogP contribution < -0.4 is 0 Å². The molecule has 0 aromatic rings. The number of rotatable bonds is 0. The van der Waals surface area contributed by atoms with Crippen molar-refractivity contribution in [3.05, 3.63) is 0 Å². The van der Waals surface area contributed by atoms with Gasteiger partial charge in [0, 0.05) is 5.50 Å². The van der Waals surface area contributed by atoms with Crippen LogP contribution in [-0.4, -0.2) is 18.5 Å². The van der Waals surface area contributed by atoms with Gasteiger partial charge in [0.25, 0.3) is 0 Å². The molecule has 0 saturated heterocycles. The van der Waals surface area contributed by atoms with Gasteiger partial charge in [0.15, 0.2) is 0 Å². The molecule has 0 fully saturated rings. The highest BCUT2D eigenvalue weighted by Gasteiger charge is 1.98. The van der Waals surface area contributed by atoms with E-state index in [1.807, 2.05) is 0 Å². The summed E-state index contributed by atoms with van der Waals surface area (Å²) in [6.07, 6.45) is 0. The van der Waals surface area contributed by atoms with E-state index in [0.717, 1.165) is 0 Å². The summed E-state index contributed by atoms with van der Waals surface area (Å²) in [4.78, 5) is 0. The van der Waals surface area contributed by atoms with Crippen LogP contribution in [0.1, 0.15) is 13.8 Å². The second-order valence-electron chi connectivity index (χ2n) is 2.17. The predicted octanol–water partition coefficient (Wildman–Crippen LogP) is -0.652. The third-order valence-corrected chi connectivity index (χ3v) is 0. The van der Waals surface area contributed by atoms with E-state index in [1.165, 1.54) is 0 Å². The molecule has 0 aliphatic rings. The van der Waals surface area contributed by atoms with Crippen molar-refractivity contribution in [1.82, 2.24) is 0 Å². The third-order valence-electron chi connectivity index (χ3n) is 0. The molecule has 0 aromatic carbocycles. The minimum absolute atomic E-state index is 0.500. The molecule has 0 aliphatic carbocycles. The fourth-order valence-corrected chi connectivity index (χ4v) is 0. The lowest BCUT2D eigenvalue weighted by atomic mass is 9.86. The van der Waals surface area contributed by atoms with E-state index in [-0.39, 0.29) is 0 Å². The average Bonchev–Trinajstić information content (AvgIpc) is 0.722. The molecule has 30 valence electrons. The van der Waals surface area contributed by atoms with Gasteiger partial charge in [-0.25, -0.2) is 0 Å². The van der Waals surface area contributed by atoms with Crippen molar-refractivity contribution < 1.29 is 5.11 Å². The van der Waals surface area contributed by atoms with E-state index in [1.54, 1.807) is 21.7 Å². The van der Waals surface area contributed by atoms with E-state index >= 15 is 0 Å². The predicted molar refractivity (Wildman–Crippen MR) is 24.8 cm³/mol. The Hall–Kier alpha value is 0.0249. The molecule has 0 unspecified atom stereocenters. The van der Waals surface area contributed by atoms with Crippen molar-refractivity contribution in [3.63, 3.8) is 0 Å². The molecule has 0 aliphatic heterocycles. The van der Waals surface area contributed by atoms with Gasteiger partial charge in [-0.2, -0.15) is 0 Å². The summed E-state index contributed by atoms with van der Waals surface area (Å²) in [6.45, 7) is 3.49. The molecule has 0 amide bonds. The Morgan fingerprint density at radius 3 is 1.60 bits per heavy atom. The lowest BCUT2D eigenvalue weighted by Crippen LogP contribution is -2.16. The molecule has 5 heavy (non-hydrogen) atoms. The summed E-state index contributed by atoms with van der Waals surface area (Å²) in [6, 6.07) is 0. The minimum Gasteiger partial charge on any atom is -0.400 e. The van der Waals surface area contributed by atoms with E-state index < -0.39 is 5.50 Å². The first-order valence-corrected chi connectivity index (χ1v) is 1.72. The van der Waals surface area contributed by atoms with Gasteiger partial charge in [-0.05, 0) is 13.8 Å². The Morgan fingerprint density at radius 1 is 1.60 bits per heavy atom.